The zero-order chi connectivity index (χ0) is 13.1. The molecule has 0 aliphatic rings. The first-order valence-corrected chi connectivity index (χ1v) is 5.87. The van der Waals surface area contributed by atoms with Gasteiger partial charge in [0.25, 0.3) is 5.91 Å². The molecule has 0 aliphatic carbocycles. The molecule has 1 aromatic carbocycles. The molecule has 2 rings (SSSR count). The highest BCUT2D eigenvalue weighted by Crippen LogP contribution is 2.18. The van der Waals surface area contributed by atoms with E-state index < -0.39 is 0 Å². The predicted octanol–water partition coefficient (Wildman–Crippen LogP) is 1.04. The van der Waals surface area contributed by atoms with Crippen molar-refractivity contribution in [2.24, 2.45) is 0 Å². The summed E-state index contributed by atoms with van der Waals surface area (Å²) in [7, 11) is 3.94. The van der Waals surface area contributed by atoms with Crippen LogP contribution in [0.4, 0.5) is 5.69 Å². The number of anilines is 1. The van der Waals surface area contributed by atoms with Crippen molar-refractivity contribution in [2.45, 2.75) is 0 Å². The van der Waals surface area contributed by atoms with E-state index in [1.165, 1.54) is 0 Å². The van der Waals surface area contributed by atoms with Gasteiger partial charge in [-0.2, -0.15) is 0 Å². The molecule has 0 unspecified atom stereocenters. The van der Waals surface area contributed by atoms with Crippen molar-refractivity contribution in [1.29, 1.82) is 0 Å². The van der Waals surface area contributed by atoms with E-state index in [1.807, 2.05) is 43.3 Å². The largest absolute Gasteiger partial charge is 0.399 e. The van der Waals surface area contributed by atoms with Gasteiger partial charge < -0.3 is 20.9 Å². The molecule has 96 valence electrons. The number of benzene rings is 1. The van der Waals surface area contributed by atoms with E-state index in [4.69, 9.17) is 5.73 Å². The number of carbonyl (C=O) groups excluding carboxylic acids is 1. The van der Waals surface area contributed by atoms with Crippen LogP contribution in [0.1, 0.15) is 10.5 Å². The van der Waals surface area contributed by atoms with Crippen molar-refractivity contribution >= 4 is 22.5 Å². The van der Waals surface area contributed by atoms with E-state index >= 15 is 0 Å². The Morgan fingerprint density at radius 3 is 2.89 bits per heavy atom. The van der Waals surface area contributed by atoms with Crippen molar-refractivity contribution < 1.29 is 4.79 Å². The molecule has 0 atom stereocenters. The summed E-state index contributed by atoms with van der Waals surface area (Å²) in [6, 6.07) is 7.35. The average molecular weight is 246 g/mol. The van der Waals surface area contributed by atoms with Crippen molar-refractivity contribution in [3.05, 3.63) is 30.0 Å². The Bertz CT molecular complexity index is 559. The van der Waals surface area contributed by atoms with Gasteiger partial charge in [0.05, 0.1) is 0 Å². The minimum absolute atomic E-state index is 0.0911. The van der Waals surface area contributed by atoms with Crippen LogP contribution in [0, 0.1) is 0 Å². The Morgan fingerprint density at radius 1 is 1.39 bits per heavy atom. The smallest absolute Gasteiger partial charge is 0.267 e. The van der Waals surface area contributed by atoms with Gasteiger partial charge in [-0.15, -0.1) is 0 Å². The monoisotopic (exact) mass is 246 g/mol. The lowest BCUT2D eigenvalue weighted by atomic mass is 10.2. The second kappa shape index (κ2) is 5.10. The maximum Gasteiger partial charge on any atom is 0.267 e. The zero-order valence-electron chi connectivity index (χ0n) is 10.7. The summed E-state index contributed by atoms with van der Waals surface area (Å²) in [5, 5.41) is 3.81. The third kappa shape index (κ3) is 2.81. The number of nitrogens with one attached hydrogen (secondary N) is 2. The number of nitrogens with two attached hydrogens (primary N) is 1. The zero-order valence-corrected chi connectivity index (χ0v) is 10.7. The number of aromatic nitrogens is 1. The third-order valence-corrected chi connectivity index (χ3v) is 2.73. The highest BCUT2D eigenvalue weighted by molar-refractivity contribution is 5.98. The van der Waals surface area contributed by atoms with Crippen LogP contribution in [0.5, 0.6) is 0 Å². The van der Waals surface area contributed by atoms with E-state index in [1.54, 1.807) is 0 Å². The van der Waals surface area contributed by atoms with Gasteiger partial charge in [0.1, 0.15) is 5.69 Å². The number of nitrogens with zero attached hydrogens (tertiary/aromatic N) is 1. The summed E-state index contributed by atoms with van der Waals surface area (Å²) in [6.45, 7) is 1.45. The first-order valence-electron chi connectivity index (χ1n) is 5.87. The molecule has 18 heavy (non-hydrogen) atoms. The van der Waals surface area contributed by atoms with Crippen LogP contribution in [0.3, 0.4) is 0 Å². The van der Waals surface area contributed by atoms with E-state index in [0.29, 0.717) is 17.9 Å². The Balaban J connectivity index is 2.08. The molecule has 0 aliphatic heterocycles. The lowest BCUT2D eigenvalue weighted by molar-refractivity contribution is 0.0947. The number of aromatic amines is 1. The first-order chi connectivity index (χ1) is 8.56. The molecule has 5 heteroatoms. The summed E-state index contributed by atoms with van der Waals surface area (Å²) in [6.07, 6.45) is 0. The van der Waals surface area contributed by atoms with Crippen LogP contribution in [-0.4, -0.2) is 43.0 Å². The maximum atomic E-state index is 11.9. The Kier molecular flexibility index (Phi) is 3.53. The number of hydrogen-bond donors (Lipinski definition) is 3. The standard InChI is InChI=1S/C13H18N4O/c1-17(2)6-5-15-13(18)12-8-9-7-10(14)3-4-11(9)16-12/h3-4,7-8,16H,5-6,14H2,1-2H3,(H,15,18). The molecule has 0 saturated carbocycles. The summed E-state index contributed by atoms with van der Waals surface area (Å²) >= 11 is 0. The molecule has 1 heterocycles. The van der Waals surface area contributed by atoms with Gasteiger partial charge >= 0.3 is 0 Å². The Morgan fingerprint density at radius 2 is 2.17 bits per heavy atom. The predicted molar refractivity (Wildman–Crippen MR) is 73.6 cm³/mol. The molecule has 2 aromatic rings. The van der Waals surface area contributed by atoms with E-state index in [2.05, 4.69) is 10.3 Å². The number of amides is 1. The Labute approximate surface area is 106 Å². The van der Waals surface area contributed by atoms with Crippen molar-refractivity contribution in [3.8, 4) is 0 Å². The first kappa shape index (κ1) is 12.4. The lowest BCUT2D eigenvalue weighted by Gasteiger charge is -2.09. The quantitative estimate of drug-likeness (QED) is 0.706. The molecule has 4 N–H and O–H groups in total. The lowest BCUT2D eigenvalue weighted by Crippen LogP contribution is -2.31. The van der Waals surface area contributed by atoms with Crippen LogP contribution in [0.25, 0.3) is 10.9 Å². The fraction of sp³-hybridized carbons (Fsp3) is 0.308. The molecule has 5 nitrogen and oxygen atoms in total. The molecule has 0 fully saturated rings. The second-order valence-corrected chi connectivity index (χ2v) is 4.59. The van der Waals surface area contributed by atoms with Crippen LogP contribution >= 0.6 is 0 Å². The summed E-state index contributed by atoms with van der Waals surface area (Å²) in [5.74, 6) is -0.0911. The van der Waals surface area contributed by atoms with Crippen molar-refractivity contribution in [3.63, 3.8) is 0 Å². The third-order valence-electron chi connectivity index (χ3n) is 2.73. The summed E-state index contributed by atoms with van der Waals surface area (Å²) in [5.41, 5.74) is 7.88. The number of hydrogen-bond acceptors (Lipinski definition) is 3. The van der Waals surface area contributed by atoms with Gasteiger partial charge in [-0.05, 0) is 38.4 Å². The minimum Gasteiger partial charge on any atom is -0.399 e. The molecule has 0 bridgehead atoms. The highest BCUT2D eigenvalue weighted by atomic mass is 16.1. The molecule has 1 aromatic heterocycles. The number of carbonyl (C=O) groups is 1. The van der Waals surface area contributed by atoms with Crippen LogP contribution in [-0.2, 0) is 0 Å². The van der Waals surface area contributed by atoms with Gasteiger partial charge in [-0.1, -0.05) is 0 Å². The molecule has 0 saturated heterocycles. The van der Waals surface area contributed by atoms with Crippen LogP contribution < -0.4 is 11.1 Å². The molecule has 1 amide bonds. The number of likely N-dealkylation sites (N-methyl/N-ethyl adjacent to an activating group) is 1. The molecule has 0 spiro atoms. The van der Waals surface area contributed by atoms with Crippen molar-refractivity contribution in [2.75, 3.05) is 32.9 Å². The topological polar surface area (TPSA) is 74.2 Å². The average Bonchev–Trinajstić information content (AvgIpc) is 2.71. The van der Waals surface area contributed by atoms with Gasteiger partial charge in [-0.3, -0.25) is 4.79 Å². The van der Waals surface area contributed by atoms with Gasteiger partial charge in [0.15, 0.2) is 0 Å². The Hall–Kier alpha value is -2.01. The van der Waals surface area contributed by atoms with E-state index in [-0.39, 0.29) is 5.91 Å². The van der Waals surface area contributed by atoms with Gasteiger partial charge in [-0.25, -0.2) is 0 Å². The van der Waals surface area contributed by atoms with E-state index in [0.717, 1.165) is 17.4 Å². The van der Waals surface area contributed by atoms with E-state index in [9.17, 15) is 4.79 Å². The van der Waals surface area contributed by atoms with Gasteiger partial charge in [0.2, 0.25) is 0 Å². The second-order valence-electron chi connectivity index (χ2n) is 4.59. The summed E-state index contributed by atoms with van der Waals surface area (Å²) < 4.78 is 0. The van der Waals surface area contributed by atoms with Crippen molar-refractivity contribution in [1.82, 2.24) is 15.2 Å². The minimum atomic E-state index is -0.0911. The van der Waals surface area contributed by atoms with Gasteiger partial charge in [0, 0.05) is 29.7 Å². The summed E-state index contributed by atoms with van der Waals surface area (Å²) in [4.78, 5) is 17.0. The maximum absolute atomic E-state index is 11.9. The van der Waals surface area contributed by atoms with Crippen LogP contribution in [0.2, 0.25) is 0 Å². The molecular formula is C13H18N4O. The normalized spacial score (nSPS) is 11.1. The number of H-pyrrole nitrogens is 1. The fourth-order valence-corrected chi connectivity index (χ4v) is 1.76. The highest BCUT2D eigenvalue weighted by Gasteiger charge is 2.08. The van der Waals surface area contributed by atoms with Crippen LogP contribution in [0.15, 0.2) is 24.3 Å². The number of rotatable bonds is 4. The number of nitrogen functional groups attached to an aromatic ring is 1. The fourth-order valence-electron chi connectivity index (χ4n) is 1.76. The molecule has 0 radical (unpaired) electrons. The SMILES string of the molecule is CN(C)CCNC(=O)c1cc2cc(N)ccc2[nH]1. The number of fused-ring (bicyclic) bond motifs is 1. The molecular weight excluding hydrogens is 228 g/mol.